The van der Waals surface area contributed by atoms with Crippen molar-refractivity contribution in [2.75, 3.05) is 19.8 Å². The van der Waals surface area contributed by atoms with E-state index in [4.69, 9.17) is 9.47 Å². The van der Waals surface area contributed by atoms with Crippen molar-refractivity contribution < 1.29 is 9.47 Å². The number of hydrogen-bond donors (Lipinski definition) is 1. The molecule has 1 heterocycles. The Kier molecular flexibility index (Phi) is 4.04. The molecule has 1 saturated carbocycles. The van der Waals surface area contributed by atoms with Crippen molar-refractivity contribution in [2.45, 2.75) is 38.3 Å². The minimum absolute atomic E-state index is 0.119. The molecular formula is C16H23NO2. The predicted molar refractivity (Wildman–Crippen MR) is 75.4 cm³/mol. The Morgan fingerprint density at radius 3 is 3.11 bits per heavy atom. The minimum atomic E-state index is 0.119. The van der Waals surface area contributed by atoms with Crippen LogP contribution in [0.2, 0.25) is 0 Å². The fraction of sp³-hybridized carbons (Fsp3) is 0.625. The van der Waals surface area contributed by atoms with Gasteiger partial charge in [-0.2, -0.15) is 0 Å². The van der Waals surface area contributed by atoms with E-state index in [0.717, 1.165) is 18.9 Å². The summed E-state index contributed by atoms with van der Waals surface area (Å²) in [4.78, 5) is 0. The fourth-order valence-electron chi connectivity index (χ4n) is 3.30. The summed E-state index contributed by atoms with van der Waals surface area (Å²) in [6.07, 6.45) is 4.06. The molecule has 3 nitrogen and oxygen atoms in total. The lowest BCUT2D eigenvalue weighted by Crippen LogP contribution is -2.32. The highest BCUT2D eigenvalue weighted by Gasteiger charge is 2.32. The molecule has 1 N–H and O–H groups in total. The SMILES string of the molecule is CCOc1ccccc1C1CNC2CCCC2CO1. The second-order valence-corrected chi connectivity index (χ2v) is 5.50. The molecule has 104 valence electrons. The van der Waals surface area contributed by atoms with Gasteiger partial charge in [0.25, 0.3) is 0 Å². The molecule has 1 aliphatic carbocycles. The van der Waals surface area contributed by atoms with Crippen LogP contribution in [0.25, 0.3) is 0 Å². The van der Waals surface area contributed by atoms with Gasteiger partial charge in [0, 0.05) is 18.2 Å². The maximum atomic E-state index is 6.15. The average Bonchev–Trinajstić information content (AvgIpc) is 2.79. The van der Waals surface area contributed by atoms with E-state index in [0.29, 0.717) is 18.6 Å². The quantitative estimate of drug-likeness (QED) is 0.907. The molecule has 3 rings (SSSR count). The molecule has 0 aromatic heterocycles. The van der Waals surface area contributed by atoms with Crippen LogP contribution >= 0.6 is 0 Å². The summed E-state index contributed by atoms with van der Waals surface area (Å²) in [6, 6.07) is 8.90. The van der Waals surface area contributed by atoms with E-state index in [1.165, 1.54) is 24.8 Å². The lowest BCUT2D eigenvalue weighted by molar-refractivity contribution is 0.0456. The molecule has 0 amide bonds. The van der Waals surface area contributed by atoms with Gasteiger partial charge < -0.3 is 14.8 Å². The lowest BCUT2D eigenvalue weighted by atomic mass is 10.1. The Bertz CT molecular complexity index is 407. The highest BCUT2D eigenvalue weighted by molar-refractivity contribution is 5.35. The van der Waals surface area contributed by atoms with Gasteiger partial charge in [-0.1, -0.05) is 24.6 Å². The summed E-state index contributed by atoms with van der Waals surface area (Å²) in [5, 5.41) is 3.68. The fourth-order valence-corrected chi connectivity index (χ4v) is 3.30. The molecule has 3 heteroatoms. The summed E-state index contributed by atoms with van der Waals surface area (Å²) < 4.78 is 11.9. The van der Waals surface area contributed by atoms with E-state index in [9.17, 15) is 0 Å². The third-order valence-corrected chi connectivity index (χ3v) is 4.30. The molecule has 1 aromatic carbocycles. The third-order valence-electron chi connectivity index (χ3n) is 4.30. The van der Waals surface area contributed by atoms with Gasteiger partial charge in [0.1, 0.15) is 5.75 Å². The monoisotopic (exact) mass is 261 g/mol. The Labute approximate surface area is 115 Å². The van der Waals surface area contributed by atoms with Crippen LogP contribution in [0, 0.1) is 5.92 Å². The van der Waals surface area contributed by atoms with Crippen LogP contribution in [0.3, 0.4) is 0 Å². The van der Waals surface area contributed by atoms with Gasteiger partial charge in [0.15, 0.2) is 0 Å². The van der Waals surface area contributed by atoms with Crippen LogP contribution in [-0.2, 0) is 4.74 Å². The molecule has 3 unspecified atom stereocenters. The number of benzene rings is 1. The van der Waals surface area contributed by atoms with Gasteiger partial charge in [-0.15, -0.1) is 0 Å². The average molecular weight is 261 g/mol. The smallest absolute Gasteiger partial charge is 0.125 e. The zero-order chi connectivity index (χ0) is 13.1. The second-order valence-electron chi connectivity index (χ2n) is 5.50. The molecule has 2 fully saturated rings. The maximum Gasteiger partial charge on any atom is 0.125 e. The molecule has 1 aromatic rings. The number of fused-ring (bicyclic) bond motifs is 1. The van der Waals surface area contributed by atoms with E-state index < -0.39 is 0 Å². The normalized spacial score (nSPS) is 30.7. The minimum Gasteiger partial charge on any atom is -0.493 e. The number of rotatable bonds is 3. The predicted octanol–water partition coefficient (Wildman–Crippen LogP) is 2.91. The van der Waals surface area contributed by atoms with Gasteiger partial charge in [0.2, 0.25) is 0 Å². The molecule has 1 aliphatic heterocycles. The van der Waals surface area contributed by atoms with Crippen molar-refractivity contribution in [1.29, 1.82) is 0 Å². The Morgan fingerprint density at radius 1 is 1.32 bits per heavy atom. The van der Waals surface area contributed by atoms with Crippen LogP contribution < -0.4 is 10.1 Å². The second kappa shape index (κ2) is 5.93. The molecule has 3 atom stereocenters. The topological polar surface area (TPSA) is 30.5 Å². The first-order chi connectivity index (χ1) is 9.38. The largest absolute Gasteiger partial charge is 0.493 e. The molecule has 0 spiro atoms. The van der Waals surface area contributed by atoms with E-state index in [2.05, 4.69) is 17.4 Å². The zero-order valence-corrected chi connectivity index (χ0v) is 11.6. The van der Waals surface area contributed by atoms with Gasteiger partial charge in [-0.25, -0.2) is 0 Å². The molecular weight excluding hydrogens is 238 g/mol. The Hall–Kier alpha value is -1.06. The van der Waals surface area contributed by atoms with Gasteiger partial charge in [-0.3, -0.25) is 0 Å². The van der Waals surface area contributed by atoms with Crippen LogP contribution in [0.15, 0.2) is 24.3 Å². The van der Waals surface area contributed by atoms with Crippen molar-refractivity contribution in [3.63, 3.8) is 0 Å². The third kappa shape index (κ3) is 2.77. The summed E-state index contributed by atoms with van der Waals surface area (Å²) in [5.74, 6) is 1.66. The highest BCUT2D eigenvalue weighted by atomic mass is 16.5. The molecule has 0 bridgehead atoms. The molecule has 1 saturated heterocycles. The zero-order valence-electron chi connectivity index (χ0n) is 11.6. The van der Waals surface area contributed by atoms with E-state index in [1.807, 2.05) is 19.1 Å². The van der Waals surface area contributed by atoms with E-state index in [1.54, 1.807) is 0 Å². The van der Waals surface area contributed by atoms with Crippen LogP contribution in [-0.4, -0.2) is 25.8 Å². The Balaban J connectivity index is 1.75. The molecule has 0 radical (unpaired) electrons. The van der Waals surface area contributed by atoms with Crippen molar-refractivity contribution in [3.8, 4) is 5.75 Å². The lowest BCUT2D eigenvalue weighted by Gasteiger charge is -2.19. The number of nitrogens with one attached hydrogen (secondary N) is 1. The van der Waals surface area contributed by atoms with Crippen LogP contribution in [0.1, 0.15) is 37.9 Å². The summed E-state index contributed by atoms with van der Waals surface area (Å²) in [5.41, 5.74) is 1.18. The summed E-state index contributed by atoms with van der Waals surface area (Å²) in [6.45, 7) is 4.49. The molecule has 19 heavy (non-hydrogen) atoms. The van der Waals surface area contributed by atoms with Crippen molar-refractivity contribution >= 4 is 0 Å². The summed E-state index contributed by atoms with van der Waals surface area (Å²) >= 11 is 0. The van der Waals surface area contributed by atoms with Crippen molar-refractivity contribution in [3.05, 3.63) is 29.8 Å². The first-order valence-electron chi connectivity index (χ1n) is 7.45. The van der Waals surface area contributed by atoms with Gasteiger partial charge in [0.05, 0.1) is 19.3 Å². The first-order valence-corrected chi connectivity index (χ1v) is 7.45. The first kappa shape index (κ1) is 12.9. The van der Waals surface area contributed by atoms with Crippen LogP contribution in [0.4, 0.5) is 0 Å². The number of para-hydroxylation sites is 1. The van der Waals surface area contributed by atoms with E-state index in [-0.39, 0.29) is 6.10 Å². The Morgan fingerprint density at radius 2 is 2.21 bits per heavy atom. The van der Waals surface area contributed by atoms with Crippen molar-refractivity contribution in [1.82, 2.24) is 5.32 Å². The van der Waals surface area contributed by atoms with E-state index >= 15 is 0 Å². The number of hydrogen-bond acceptors (Lipinski definition) is 3. The maximum absolute atomic E-state index is 6.15. The van der Waals surface area contributed by atoms with Crippen molar-refractivity contribution in [2.24, 2.45) is 5.92 Å². The van der Waals surface area contributed by atoms with Gasteiger partial charge in [-0.05, 0) is 31.7 Å². The highest BCUT2D eigenvalue weighted by Crippen LogP contribution is 2.33. The number of ether oxygens (including phenoxy) is 2. The van der Waals surface area contributed by atoms with Gasteiger partial charge >= 0.3 is 0 Å². The standard InChI is InChI=1S/C16H23NO2/c1-2-18-15-9-4-3-7-13(15)16-10-17-14-8-5-6-12(14)11-19-16/h3-4,7,9,12,14,16-17H,2,5-6,8,10-11H2,1H3. The summed E-state index contributed by atoms with van der Waals surface area (Å²) in [7, 11) is 0. The molecule has 2 aliphatic rings. The van der Waals surface area contributed by atoms with Crippen LogP contribution in [0.5, 0.6) is 5.75 Å².